The Hall–Kier alpha value is -1.35. The molecule has 1 unspecified atom stereocenters. The average Bonchev–Trinajstić information content (AvgIpc) is 2.60. The maximum absolute atomic E-state index is 10.4. The van der Waals surface area contributed by atoms with E-state index >= 15 is 0 Å². The number of nitrogens with zero attached hydrogens (tertiary/aromatic N) is 1. The van der Waals surface area contributed by atoms with E-state index in [1.165, 1.54) is 5.56 Å². The van der Waals surface area contributed by atoms with Gasteiger partial charge in [0.05, 0.1) is 6.04 Å². The predicted molar refractivity (Wildman–Crippen MR) is 47.2 cm³/mol. The first-order valence-electron chi connectivity index (χ1n) is 4.33. The molecule has 0 bridgehead atoms. The number of hydrogen-bond donors (Lipinski definition) is 1. The summed E-state index contributed by atoms with van der Waals surface area (Å²) in [6.45, 7) is 0. The smallest absolute Gasteiger partial charge is 0.233 e. The summed E-state index contributed by atoms with van der Waals surface area (Å²) in [5.41, 5.74) is 2.30. The van der Waals surface area contributed by atoms with Crippen molar-refractivity contribution in [2.75, 3.05) is 0 Å². The van der Waals surface area contributed by atoms with E-state index in [2.05, 4.69) is 0 Å². The van der Waals surface area contributed by atoms with Gasteiger partial charge >= 0.3 is 0 Å². The zero-order valence-electron chi connectivity index (χ0n) is 7.18. The van der Waals surface area contributed by atoms with Crippen molar-refractivity contribution in [2.45, 2.75) is 18.9 Å². The fourth-order valence-corrected chi connectivity index (χ4v) is 1.88. The van der Waals surface area contributed by atoms with E-state index in [9.17, 15) is 10.0 Å². The lowest BCUT2D eigenvalue weighted by Crippen LogP contribution is -2.21. The highest BCUT2D eigenvalue weighted by atomic mass is 16.5. The first kappa shape index (κ1) is 8.26. The molecule has 1 amide bonds. The van der Waals surface area contributed by atoms with Crippen molar-refractivity contribution in [3.63, 3.8) is 0 Å². The number of aryl methyl sites for hydroxylation is 1. The van der Waals surface area contributed by atoms with Crippen LogP contribution in [0, 0.1) is 0 Å². The average molecular weight is 177 g/mol. The minimum Gasteiger partial charge on any atom is -0.286 e. The molecule has 0 fully saturated rings. The van der Waals surface area contributed by atoms with Crippen molar-refractivity contribution in [3.8, 4) is 0 Å². The Morgan fingerprint density at radius 2 is 2.23 bits per heavy atom. The molecule has 1 aromatic carbocycles. The molecule has 0 spiro atoms. The number of carbonyl (C=O) groups is 1. The molecule has 0 radical (unpaired) electrons. The molecule has 0 heterocycles. The molecule has 0 aliphatic heterocycles. The van der Waals surface area contributed by atoms with Crippen LogP contribution in [0.15, 0.2) is 24.3 Å². The van der Waals surface area contributed by atoms with E-state index in [1.807, 2.05) is 24.3 Å². The van der Waals surface area contributed by atoms with E-state index in [4.69, 9.17) is 0 Å². The number of carbonyl (C=O) groups excluding carboxylic acids is 1. The van der Waals surface area contributed by atoms with Gasteiger partial charge in [-0.3, -0.25) is 10.0 Å². The van der Waals surface area contributed by atoms with Gasteiger partial charge in [-0.15, -0.1) is 0 Å². The van der Waals surface area contributed by atoms with Gasteiger partial charge < -0.3 is 0 Å². The summed E-state index contributed by atoms with van der Waals surface area (Å²) in [5, 5.41) is 10.0. The summed E-state index contributed by atoms with van der Waals surface area (Å²) < 4.78 is 0. The summed E-state index contributed by atoms with van der Waals surface area (Å²) in [6, 6.07) is 7.75. The van der Waals surface area contributed by atoms with Gasteiger partial charge in [-0.05, 0) is 24.0 Å². The third kappa shape index (κ3) is 1.31. The number of amides is 1. The summed E-state index contributed by atoms with van der Waals surface area (Å²) in [7, 11) is 0. The molecule has 0 aromatic heterocycles. The van der Waals surface area contributed by atoms with Gasteiger partial charge in [-0.2, -0.15) is 0 Å². The molecule has 0 saturated carbocycles. The van der Waals surface area contributed by atoms with Crippen molar-refractivity contribution in [3.05, 3.63) is 35.4 Å². The second-order valence-corrected chi connectivity index (χ2v) is 3.24. The molecule has 1 N–H and O–H groups in total. The second-order valence-electron chi connectivity index (χ2n) is 3.24. The largest absolute Gasteiger partial charge is 0.286 e. The summed E-state index contributed by atoms with van der Waals surface area (Å²) >= 11 is 0. The third-order valence-corrected chi connectivity index (χ3v) is 2.53. The SMILES string of the molecule is O=CN(O)C1CCc2ccccc21. The highest BCUT2D eigenvalue weighted by Crippen LogP contribution is 2.33. The molecular formula is C10H11NO2. The van der Waals surface area contributed by atoms with Crippen molar-refractivity contribution in [2.24, 2.45) is 0 Å². The third-order valence-electron chi connectivity index (χ3n) is 2.53. The molecule has 1 atom stereocenters. The van der Waals surface area contributed by atoms with E-state index in [0.717, 1.165) is 23.5 Å². The molecule has 2 rings (SSSR count). The van der Waals surface area contributed by atoms with Crippen LogP contribution in [0.5, 0.6) is 0 Å². The Balaban J connectivity index is 2.33. The van der Waals surface area contributed by atoms with Crippen LogP contribution in [-0.2, 0) is 11.2 Å². The summed E-state index contributed by atoms with van der Waals surface area (Å²) in [4.78, 5) is 10.4. The lowest BCUT2D eigenvalue weighted by molar-refractivity contribution is -0.160. The number of hydroxylamine groups is 2. The number of hydrogen-bond acceptors (Lipinski definition) is 2. The van der Waals surface area contributed by atoms with Gasteiger partial charge in [0.25, 0.3) is 0 Å². The number of fused-ring (bicyclic) bond motifs is 1. The van der Waals surface area contributed by atoms with Crippen LogP contribution < -0.4 is 0 Å². The molecule has 13 heavy (non-hydrogen) atoms. The lowest BCUT2D eigenvalue weighted by atomic mass is 10.1. The first-order valence-corrected chi connectivity index (χ1v) is 4.33. The van der Waals surface area contributed by atoms with Gasteiger partial charge in [-0.25, -0.2) is 5.06 Å². The molecule has 0 saturated heterocycles. The normalized spacial score (nSPS) is 19.6. The second kappa shape index (κ2) is 3.18. The Labute approximate surface area is 76.6 Å². The van der Waals surface area contributed by atoms with Crippen molar-refractivity contribution in [1.29, 1.82) is 0 Å². The van der Waals surface area contributed by atoms with Crippen molar-refractivity contribution >= 4 is 6.41 Å². The lowest BCUT2D eigenvalue weighted by Gasteiger charge is -2.17. The highest BCUT2D eigenvalue weighted by Gasteiger charge is 2.25. The van der Waals surface area contributed by atoms with Crippen LogP contribution in [-0.4, -0.2) is 16.7 Å². The van der Waals surface area contributed by atoms with Crippen LogP contribution in [0.25, 0.3) is 0 Å². The van der Waals surface area contributed by atoms with E-state index in [0.29, 0.717) is 6.41 Å². The first-order chi connectivity index (χ1) is 6.33. The Morgan fingerprint density at radius 3 is 3.00 bits per heavy atom. The zero-order valence-corrected chi connectivity index (χ0v) is 7.18. The fourth-order valence-electron chi connectivity index (χ4n) is 1.88. The quantitative estimate of drug-likeness (QED) is 0.422. The van der Waals surface area contributed by atoms with Crippen molar-refractivity contribution in [1.82, 2.24) is 5.06 Å². The molecular weight excluding hydrogens is 166 g/mol. The predicted octanol–water partition coefficient (Wildman–Crippen LogP) is 1.52. The molecule has 3 nitrogen and oxygen atoms in total. The summed E-state index contributed by atoms with van der Waals surface area (Å²) in [6.07, 6.45) is 2.22. The Bertz CT molecular complexity index is 324. The molecule has 1 aromatic rings. The topological polar surface area (TPSA) is 40.5 Å². The molecule has 1 aliphatic rings. The van der Waals surface area contributed by atoms with Gasteiger partial charge in [0.15, 0.2) is 0 Å². The number of rotatable bonds is 2. The molecule has 68 valence electrons. The van der Waals surface area contributed by atoms with Crippen molar-refractivity contribution < 1.29 is 10.0 Å². The Morgan fingerprint density at radius 1 is 1.46 bits per heavy atom. The zero-order chi connectivity index (χ0) is 9.26. The van der Waals surface area contributed by atoms with Crippen LogP contribution in [0.1, 0.15) is 23.6 Å². The van der Waals surface area contributed by atoms with Crippen LogP contribution in [0.4, 0.5) is 0 Å². The maximum atomic E-state index is 10.4. The van der Waals surface area contributed by atoms with Crippen LogP contribution in [0.2, 0.25) is 0 Å². The standard InChI is InChI=1S/C10H11NO2/c12-7-11(13)10-6-5-8-3-1-2-4-9(8)10/h1-4,7,10,13H,5-6H2. The highest BCUT2D eigenvalue weighted by molar-refractivity contribution is 5.48. The molecule has 1 aliphatic carbocycles. The number of benzene rings is 1. The van der Waals surface area contributed by atoms with Crippen LogP contribution in [0.3, 0.4) is 0 Å². The van der Waals surface area contributed by atoms with E-state index in [1.54, 1.807) is 0 Å². The molecule has 3 heteroatoms. The summed E-state index contributed by atoms with van der Waals surface area (Å²) in [5.74, 6) is 0. The van der Waals surface area contributed by atoms with Gasteiger partial charge in [-0.1, -0.05) is 24.3 Å². The minimum atomic E-state index is -0.145. The van der Waals surface area contributed by atoms with Gasteiger partial charge in [0, 0.05) is 0 Å². The van der Waals surface area contributed by atoms with E-state index in [-0.39, 0.29) is 6.04 Å². The fraction of sp³-hybridized carbons (Fsp3) is 0.300. The van der Waals surface area contributed by atoms with E-state index < -0.39 is 0 Å². The monoisotopic (exact) mass is 177 g/mol. The van der Waals surface area contributed by atoms with Gasteiger partial charge in [0.1, 0.15) is 0 Å². The van der Waals surface area contributed by atoms with Gasteiger partial charge in [0.2, 0.25) is 6.41 Å². The van der Waals surface area contributed by atoms with Crippen LogP contribution >= 0.6 is 0 Å². The minimum absolute atomic E-state index is 0.145. The maximum Gasteiger partial charge on any atom is 0.233 e. The Kier molecular flexibility index (Phi) is 2.02.